The van der Waals surface area contributed by atoms with Gasteiger partial charge < -0.3 is 5.21 Å². The third-order valence-electron chi connectivity index (χ3n) is 3.69. The van der Waals surface area contributed by atoms with Crippen LogP contribution in [0.4, 0.5) is 0 Å². The van der Waals surface area contributed by atoms with Gasteiger partial charge in [0.05, 0.1) is 0 Å². The molecule has 2 saturated carbocycles. The molecule has 0 spiro atoms. The Balaban J connectivity index is 1.97. The molecule has 2 fully saturated rings. The van der Waals surface area contributed by atoms with E-state index in [9.17, 15) is 0 Å². The van der Waals surface area contributed by atoms with Gasteiger partial charge in [0.2, 0.25) is 0 Å². The maximum Gasteiger partial charge on any atom is 0.0467 e. The van der Waals surface area contributed by atoms with Crippen molar-refractivity contribution in [2.24, 2.45) is 28.8 Å². The minimum absolute atomic E-state index is 0.557. The summed E-state index contributed by atoms with van der Waals surface area (Å²) in [4.78, 5) is 0. The lowest BCUT2D eigenvalue weighted by Crippen LogP contribution is -2.30. The summed E-state index contributed by atoms with van der Waals surface area (Å²) in [6.45, 7) is 2.37. The first kappa shape index (κ1) is 9.04. The molecule has 1 N–H and O–H groups in total. The highest BCUT2D eigenvalue weighted by Gasteiger charge is 2.33. The highest BCUT2D eigenvalue weighted by Crippen LogP contribution is 2.44. The highest BCUT2D eigenvalue weighted by atomic mass is 16.4. The Labute approximate surface area is 80.0 Å². The Hall–Kier alpha value is -0.530. The monoisotopic (exact) mass is 181 g/mol. The normalized spacial score (nSPS) is 45.3. The van der Waals surface area contributed by atoms with Crippen LogP contribution in [0.1, 0.15) is 39.0 Å². The van der Waals surface area contributed by atoms with Crippen molar-refractivity contribution in [2.75, 3.05) is 0 Å². The summed E-state index contributed by atoms with van der Waals surface area (Å²) in [6, 6.07) is 0. The third-order valence-corrected chi connectivity index (χ3v) is 3.69. The quantitative estimate of drug-likeness (QED) is 0.376. The molecule has 2 heteroatoms. The van der Waals surface area contributed by atoms with E-state index in [0.29, 0.717) is 5.92 Å². The molecule has 0 heterocycles. The lowest BCUT2D eigenvalue weighted by Gasteiger charge is -2.40. The van der Waals surface area contributed by atoms with Crippen LogP contribution in [-0.4, -0.2) is 11.4 Å². The van der Waals surface area contributed by atoms with Gasteiger partial charge in [0.15, 0.2) is 0 Å². The number of hydrogen-bond acceptors (Lipinski definition) is 2. The molecule has 13 heavy (non-hydrogen) atoms. The molecule has 2 atom stereocenters. The predicted octanol–water partition coefficient (Wildman–Crippen LogP) is 2.91. The molecule has 0 aromatic rings. The lowest BCUT2D eigenvalue weighted by molar-refractivity contribution is 0.127. The van der Waals surface area contributed by atoms with E-state index in [1.807, 2.05) is 0 Å². The van der Waals surface area contributed by atoms with Gasteiger partial charge in [-0.25, -0.2) is 0 Å². The Morgan fingerprint density at radius 2 is 1.69 bits per heavy atom. The van der Waals surface area contributed by atoms with Crippen LogP contribution >= 0.6 is 0 Å². The van der Waals surface area contributed by atoms with Gasteiger partial charge in [-0.1, -0.05) is 6.92 Å². The first-order valence-corrected chi connectivity index (χ1v) is 5.45. The van der Waals surface area contributed by atoms with Crippen molar-refractivity contribution in [3.63, 3.8) is 0 Å². The first-order chi connectivity index (χ1) is 6.28. The van der Waals surface area contributed by atoms with E-state index in [0.717, 1.165) is 17.8 Å². The zero-order valence-electron chi connectivity index (χ0n) is 8.32. The van der Waals surface area contributed by atoms with Crippen molar-refractivity contribution in [3.8, 4) is 0 Å². The zero-order valence-corrected chi connectivity index (χ0v) is 8.32. The zero-order chi connectivity index (χ0) is 9.26. The molecule has 0 radical (unpaired) electrons. The maximum absolute atomic E-state index is 8.50. The average Bonchev–Trinajstić information content (AvgIpc) is 2.01. The van der Waals surface area contributed by atoms with Crippen LogP contribution < -0.4 is 0 Å². The lowest BCUT2D eigenvalue weighted by atomic mass is 9.65. The Bertz CT molecular complexity index is 184. The highest BCUT2D eigenvalue weighted by molar-refractivity contribution is 5.60. The SMILES string of the molecule is CC1CC2CC(/C=N\O)CC(C1)C2. The standard InChI is InChI=1S/C11H19NO/c1-8-2-9-4-10(3-8)6-11(5-9)7-12-13/h7-11,13H,2-6H2,1H3/b12-7-. The predicted molar refractivity (Wildman–Crippen MR) is 53.0 cm³/mol. The Kier molecular flexibility index (Phi) is 2.56. The van der Waals surface area contributed by atoms with E-state index in [2.05, 4.69) is 12.1 Å². The van der Waals surface area contributed by atoms with Gasteiger partial charge >= 0.3 is 0 Å². The summed E-state index contributed by atoms with van der Waals surface area (Å²) in [6.07, 6.45) is 8.48. The second-order valence-electron chi connectivity index (χ2n) is 5.04. The van der Waals surface area contributed by atoms with Crippen LogP contribution in [-0.2, 0) is 0 Å². The van der Waals surface area contributed by atoms with Crippen LogP contribution in [0.3, 0.4) is 0 Å². The molecule has 2 bridgehead atoms. The smallest absolute Gasteiger partial charge is 0.0467 e. The van der Waals surface area contributed by atoms with Gasteiger partial charge in [0, 0.05) is 6.21 Å². The summed E-state index contributed by atoms with van der Waals surface area (Å²) in [5.74, 6) is 3.30. The molecular weight excluding hydrogens is 162 g/mol. The number of nitrogens with zero attached hydrogens (tertiary/aromatic N) is 1. The van der Waals surface area contributed by atoms with Crippen molar-refractivity contribution < 1.29 is 5.21 Å². The van der Waals surface area contributed by atoms with Crippen molar-refractivity contribution >= 4 is 6.21 Å². The van der Waals surface area contributed by atoms with E-state index in [-0.39, 0.29) is 0 Å². The van der Waals surface area contributed by atoms with Crippen molar-refractivity contribution in [3.05, 3.63) is 0 Å². The van der Waals surface area contributed by atoms with Gasteiger partial charge in [-0.15, -0.1) is 5.16 Å². The van der Waals surface area contributed by atoms with Crippen molar-refractivity contribution in [2.45, 2.75) is 39.0 Å². The van der Waals surface area contributed by atoms with E-state index < -0.39 is 0 Å². The first-order valence-electron chi connectivity index (χ1n) is 5.45. The topological polar surface area (TPSA) is 32.6 Å². The molecule has 2 aliphatic rings. The fourth-order valence-corrected chi connectivity index (χ4v) is 3.45. The Morgan fingerprint density at radius 3 is 2.23 bits per heavy atom. The van der Waals surface area contributed by atoms with Gasteiger partial charge in [-0.3, -0.25) is 0 Å². The summed E-state index contributed by atoms with van der Waals surface area (Å²) < 4.78 is 0. The van der Waals surface area contributed by atoms with Gasteiger partial charge in [0.1, 0.15) is 0 Å². The number of oxime groups is 1. The molecule has 74 valence electrons. The molecule has 2 unspecified atom stereocenters. The average molecular weight is 181 g/mol. The molecule has 0 aromatic heterocycles. The van der Waals surface area contributed by atoms with Gasteiger partial charge in [-0.05, 0) is 55.8 Å². The van der Waals surface area contributed by atoms with Gasteiger partial charge in [-0.2, -0.15) is 0 Å². The number of rotatable bonds is 1. The van der Waals surface area contributed by atoms with Crippen LogP contribution in [0.25, 0.3) is 0 Å². The molecule has 2 rings (SSSR count). The van der Waals surface area contributed by atoms with Crippen LogP contribution in [0.5, 0.6) is 0 Å². The molecule has 0 amide bonds. The summed E-state index contributed by atoms with van der Waals surface area (Å²) in [5, 5.41) is 11.7. The molecule has 0 aliphatic heterocycles. The minimum Gasteiger partial charge on any atom is -0.411 e. The molecule has 2 aliphatic carbocycles. The van der Waals surface area contributed by atoms with E-state index >= 15 is 0 Å². The molecule has 0 saturated heterocycles. The van der Waals surface area contributed by atoms with E-state index in [1.165, 1.54) is 32.1 Å². The van der Waals surface area contributed by atoms with Crippen molar-refractivity contribution in [1.82, 2.24) is 0 Å². The van der Waals surface area contributed by atoms with E-state index in [4.69, 9.17) is 5.21 Å². The van der Waals surface area contributed by atoms with Crippen LogP contribution in [0.15, 0.2) is 5.16 Å². The van der Waals surface area contributed by atoms with Crippen LogP contribution in [0.2, 0.25) is 0 Å². The number of fused-ring (bicyclic) bond motifs is 2. The maximum atomic E-state index is 8.50. The number of hydrogen-bond donors (Lipinski definition) is 1. The second kappa shape index (κ2) is 3.69. The fourth-order valence-electron chi connectivity index (χ4n) is 3.45. The third kappa shape index (κ3) is 2.04. The fraction of sp³-hybridized carbons (Fsp3) is 0.909. The minimum atomic E-state index is 0.557. The molecule has 0 aromatic carbocycles. The van der Waals surface area contributed by atoms with E-state index in [1.54, 1.807) is 6.21 Å². The van der Waals surface area contributed by atoms with Gasteiger partial charge in [0.25, 0.3) is 0 Å². The molecular formula is C11H19NO. The van der Waals surface area contributed by atoms with Crippen LogP contribution in [0, 0.1) is 23.7 Å². The second-order valence-corrected chi connectivity index (χ2v) is 5.04. The summed E-state index contributed by atoms with van der Waals surface area (Å²) in [7, 11) is 0. The summed E-state index contributed by atoms with van der Waals surface area (Å²) >= 11 is 0. The molecule has 2 nitrogen and oxygen atoms in total. The summed E-state index contributed by atoms with van der Waals surface area (Å²) in [5.41, 5.74) is 0. The Morgan fingerprint density at radius 1 is 1.08 bits per heavy atom. The largest absolute Gasteiger partial charge is 0.411 e. The van der Waals surface area contributed by atoms with Crippen molar-refractivity contribution in [1.29, 1.82) is 0 Å².